The molecule has 2 nitrogen and oxygen atoms in total. The molecular formula is C12H17F4NO. The Morgan fingerprint density at radius 2 is 1.61 bits per heavy atom. The summed E-state index contributed by atoms with van der Waals surface area (Å²) in [5, 5.41) is 1.93. The molecule has 0 saturated carbocycles. The van der Waals surface area contributed by atoms with E-state index in [-0.39, 0.29) is 12.1 Å². The number of carbonyl (C=O) groups excluding carboxylic acids is 1. The second kappa shape index (κ2) is 9.44. The van der Waals surface area contributed by atoms with E-state index in [0.29, 0.717) is 12.1 Å². The molecule has 104 valence electrons. The third-order valence-corrected chi connectivity index (χ3v) is 1.51. The van der Waals surface area contributed by atoms with E-state index in [1.807, 2.05) is 33.0 Å². The molecule has 0 bridgehead atoms. The molecule has 18 heavy (non-hydrogen) atoms. The molecule has 0 atom stereocenters. The topological polar surface area (TPSA) is 29.1 Å². The van der Waals surface area contributed by atoms with Crippen molar-refractivity contribution in [2.75, 3.05) is 5.32 Å². The van der Waals surface area contributed by atoms with Gasteiger partial charge in [-0.3, -0.25) is 4.79 Å². The van der Waals surface area contributed by atoms with Gasteiger partial charge in [0.2, 0.25) is 6.41 Å². The van der Waals surface area contributed by atoms with Crippen molar-refractivity contribution in [3.05, 3.63) is 29.6 Å². The summed E-state index contributed by atoms with van der Waals surface area (Å²) >= 11 is 0. The Bertz CT molecular complexity index is 350. The van der Waals surface area contributed by atoms with Gasteiger partial charge in [0.1, 0.15) is 5.82 Å². The van der Waals surface area contributed by atoms with E-state index in [1.165, 1.54) is 0 Å². The van der Waals surface area contributed by atoms with Gasteiger partial charge in [-0.2, -0.15) is 13.2 Å². The molecule has 0 aliphatic carbocycles. The van der Waals surface area contributed by atoms with Crippen molar-refractivity contribution < 1.29 is 22.4 Å². The smallest absolute Gasteiger partial charge is 0.326 e. The molecule has 0 aliphatic rings. The summed E-state index contributed by atoms with van der Waals surface area (Å²) in [5.41, 5.74) is -1.38. The van der Waals surface area contributed by atoms with Crippen LogP contribution in [0, 0.1) is 5.82 Å². The summed E-state index contributed by atoms with van der Waals surface area (Å²) in [6.07, 6.45) is -4.40. The molecule has 1 aromatic carbocycles. The highest BCUT2D eigenvalue weighted by Gasteiger charge is 2.31. The predicted octanol–water partition coefficient (Wildman–Crippen LogP) is 4.47. The average molecular weight is 267 g/mol. The molecule has 1 N–H and O–H groups in total. The number of hydrogen-bond acceptors (Lipinski definition) is 1. The van der Waals surface area contributed by atoms with Gasteiger partial charge < -0.3 is 5.32 Å². The van der Waals surface area contributed by atoms with Crippen LogP contribution in [0.5, 0.6) is 0 Å². The van der Waals surface area contributed by atoms with Gasteiger partial charge in [0.05, 0.1) is 11.3 Å². The standard InChI is InChI=1S/C8H5F4NO.2C2H6/c9-6-3-5(8(10,11)12)1-2-7(6)13-4-14;2*1-2/h1-4H,(H,13,14);2*1-2H3. The monoisotopic (exact) mass is 267 g/mol. The van der Waals surface area contributed by atoms with Gasteiger partial charge in [-0.05, 0) is 18.2 Å². The van der Waals surface area contributed by atoms with E-state index < -0.39 is 17.6 Å². The summed E-state index contributed by atoms with van der Waals surface area (Å²) in [7, 11) is 0. The van der Waals surface area contributed by atoms with Gasteiger partial charge in [0, 0.05) is 0 Å². The van der Waals surface area contributed by atoms with Crippen LogP contribution in [0.15, 0.2) is 18.2 Å². The van der Waals surface area contributed by atoms with Crippen LogP contribution < -0.4 is 5.32 Å². The van der Waals surface area contributed by atoms with E-state index in [9.17, 15) is 22.4 Å². The number of anilines is 1. The predicted molar refractivity (Wildman–Crippen MR) is 63.8 cm³/mol. The maximum Gasteiger partial charge on any atom is 0.416 e. The Balaban J connectivity index is 0. The molecule has 1 amide bonds. The van der Waals surface area contributed by atoms with Crippen LogP contribution in [-0.4, -0.2) is 6.41 Å². The normalized spacial score (nSPS) is 9.33. The fourth-order valence-corrected chi connectivity index (χ4v) is 0.872. The zero-order valence-corrected chi connectivity index (χ0v) is 10.7. The summed E-state index contributed by atoms with van der Waals surface area (Å²) in [6.45, 7) is 8.00. The van der Waals surface area contributed by atoms with Crippen molar-refractivity contribution >= 4 is 12.1 Å². The number of nitrogens with one attached hydrogen (secondary N) is 1. The van der Waals surface area contributed by atoms with E-state index in [2.05, 4.69) is 0 Å². The first-order chi connectivity index (χ1) is 8.45. The molecule has 0 spiro atoms. The van der Waals surface area contributed by atoms with Crippen molar-refractivity contribution in [3.8, 4) is 0 Å². The molecule has 0 unspecified atom stereocenters. The Kier molecular flexibility index (Phi) is 9.84. The van der Waals surface area contributed by atoms with Crippen LogP contribution in [0.2, 0.25) is 0 Å². The molecule has 0 saturated heterocycles. The van der Waals surface area contributed by atoms with Crippen molar-refractivity contribution in [2.45, 2.75) is 33.9 Å². The number of hydrogen-bond donors (Lipinski definition) is 1. The fourth-order valence-electron chi connectivity index (χ4n) is 0.872. The van der Waals surface area contributed by atoms with E-state index in [4.69, 9.17) is 0 Å². The van der Waals surface area contributed by atoms with Gasteiger partial charge in [0.15, 0.2) is 0 Å². The molecule has 0 aliphatic heterocycles. The maximum absolute atomic E-state index is 12.8. The van der Waals surface area contributed by atoms with Crippen molar-refractivity contribution in [1.82, 2.24) is 0 Å². The SMILES string of the molecule is CC.CC.O=CNc1ccc(C(F)(F)F)cc1F. The molecule has 1 rings (SSSR count). The van der Waals surface area contributed by atoms with E-state index in [1.54, 1.807) is 0 Å². The second-order valence-corrected chi connectivity index (χ2v) is 2.45. The number of benzene rings is 1. The Labute approximate surface area is 104 Å². The number of amides is 1. The highest BCUT2D eigenvalue weighted by atomic mass is 19.4. The zero-order valence-electron chi connectivity index (χ0n) is 10.7. The number of halogens is 4. The first-order valence-electron chi connectivity index (χ1n) is 5.52. The molecular weight excluding hydrogens is 250 g/mol. The average Bonchev–Trinajstić information content (AvgIpc) is 2.36. The molecule has 6 heteroatoms. The van der Waals surface area contributed by atoms with Crippen LogP contribution >= 0.6 is 0 Å². The van der Waals surface area contributed by atoms with Crippen LogP contribution in [0.25, 0.3) is 0 Å². The largest absolute Gasteiger partial charge is 0.416 e. The second-order valence-electron chi connectivity index (χ2n) is 2.45. The third kappa shape index (κ3) is 6.22. The van der Waals surface area contributed by atoms with Crippen molar-refractivity contribution in [3.63, 3.8) is 0 Å². The first-order valence-corrected chi connectivity index (χ1v) is 5.52. The third-order valence-electron chi connectivity index (χ3n) is 1.51. The Morgan fingerprint density at radius 3 is 1.94 bits per heavy atom. The minimum atomic E-state index is -4.58. The van der Waals surface area contributed by atoms with Crippen molar-refractivity contribution in [2.24, 2.45) is 0 Å². The minimum absolute atomic E-state index is 0.186. The van der Waals surface area contributed by atoms with E-state index >= 15 is 0 Å². The van der Waals surface area contributed by atoms with Crippen LogP contribution in [0.4, 0.5) is 23.2 Å². The summed E-state index contributed by atoms with van der Waals surface area (Å²) in [5.74, 6) is -1.12. The van der Waals surface area contributed by atoms with Gasteiger partial charge >= 0.3 is 6.18 Å². The molecule has 0 radical (unpaired) electrons. The number of rotatable bonds is 2. The number of carbonyl (C=O) groups is 1. The lowest BCUT2D eigenvalue weighted by molar-refractivity contribution is -0.137. The zero-order chi connectivity index (χ0) is 14.8. The maximum atomic E-state index is 12.8. The lowest BCUT2D eigenvalue weighted by atomic mass is 10.2. The fraction of sp³-hybridized carbons (Fsp3) is 0.417. The van der Waals surface area contributed by atoms with Crippen LogP contribution in [0.3, 0.4) is 0 Å². The van der Waals surface area contributed by atoms with Crippen molar-refractivity contribution in [1.29, 1.82) is 0 Å². The van der Waals surface area contributed by atoms with Crippen LogP contribution in [0.1, 0.15) is 33.3 Å². The summed E-state index contributed by atoms with van der Waals surface area (Å²) in [4.78, 5) is 9.91. The lowest BCUT2D eigenvalue weighted by Crippen LogP contribution is -2.06. The van der Waals surface area contributed by atoms with Gasteiger partial charge in [0.25, 0.3) is 0 Å². The highest BCUT2D eigenvalue weighted by Crippen LogP contribution is 2.31. The van der Waals surface area contributed by atoms with Gasteiger partial charge in [-0.1, -0.05) is 27.7 Å². The first kappa shape index (κ1) is 18.8. The highest BCUT2D eigenvalue weighted by molar-refractivity contribution is 5.71. The quantitative estimate of drug-likeness (QED) is 0.622. The summed E-state index contributed by atoms with van der Waals surface area (Å²) < 4.78 is 48.9. The molecule has 1 aromatic rings. The van der Waals surface area contributed by atoms with Crippen LogP contribution in [-0.2, 0) is 11.0 Å². The minimum Gasteiger partial charge on any atom is -0.326 e. The molecule has 0 heterocycles. The molecule has 0 fully saturated rings. The Hall–Kier alpha value is -1.59. The van der Waals surface area contributed by atoms with Gasteiger partial charge in [-0.15, -0.1) is 0 Å². The lowest BCUT2D eigenvalue weighted by Gasteiger charge is -2.07. The number of alkyl halides is 3. The summed E-state index contributed by atoms with van der Waals surface area (Å²) in [6, 6.07) is 1.87. The Morgan fingerprint density at radius 1 is 1.11 bits per heavy atom. The molecule has 0 aromatic heterocycles. The van der Waals surface area contributed by atoms with Gasteiger partial charge in [-0.25, -0.2) is 4.39 Å². The van der Waals surface area contributed by atoms with E-state index in [0.717, 1.165) is 6.07 Å².